The molecule has 0 aliphatic rings. The van der Waals surface area contributed by atoms with Gasteiger partial charge in [0.15, 0.2) is 11.5 Å². The SMILES string of the molecule is N#Cc1ncccc1-c1cnc(N)c(-c2nnc(-c3ccccc3)o2)n1.[HH].[HH]. The third-order valence-corrected chi connectivity index (χ3v) is 3.64. The van der Waals surface area contributed by atoms with Crippen molar-refractivity contribution in [1.29, 1.82) is 5.26 Å². The van der Waals surface area contributed by atoms with Gasteiger partial charge in [-0.15, -0.1) is 10.2 Å². The maximum absolute atomic E-state index is 9.22. The van der Waals surface area contributed by atoms with Crippen molar-refractivity contribution in [2.75, 3.05) is 5.73 Å². The second kappa shape index (κ2) is 6.41. The number of nitriles is 1. The number of aromatic nitrogens is 5. The van der Waals surface area contributed by atoms with Crippen LogP contribution in [0.2, 0.25) is 0 Å². The van der Waals surface area contributed by atoms with Gasteiger partial charge in [-0.3, -0.25) is 0 Å². The largest absolute Gasteiger partial charge is 0.414 e. The molecular formula is C18H15N7O. The van der Waals surface area contributed by atoms with E-state index in [4.69, 9.17) is 10.2 Å². The number of rotatable bonds is 3. The molecule has 8 heteroatoms. The highest BCUT2D eigenvalue weighted by atomic mass is 16.4. The lowest BCUT2D eigenvalue weighted by Crippen LogP contribution is -2.00. The third kappa shape index (κ3) is 2.74. The Kier molecular flexibility index (Phi) is 3.80. The third-order valence-electron chi connectivity index (χ3n) is 3.64. The summed E-state index contributed by atoms with van der Waals surface area (Å²) in [5.41, 5.74) is 8.21. The Balaban J connectivity index is 0.00000140. The Bertz CT molecular complexity index is 1130. The zero-order valence-electron chi connectivity index (χ0n) is 13.4. The van der Waals surface area contributed by atoms with Crippen LogP contribution in [0.15, 0.2) is 59.3 Å². The molecule has 3 aromatic heterocycles. The molecule has 0 saturated heterocycles. The number of benzene rings is 1. The van der Waals surface area contributed by atoms with Crippen LogP contribution in [0.1, 0.15) is 8.55 Å². The highest BCUT2D eigenvalue weighted by molar-refractivity contribution is 5.70. The van der Waals surface area contributed by atoms with Crippen molar-refractivity contribution in [3.63, 3.8) is 0 Å². The summed E-state index contributed by atoms with van der Waals surface area (Å²) < 4.78 is 5.70. The van der Waals surface area contributed by atoms with E-state index in [0.717, 1.165) is 5.56 Å². The predicted molar refractivity (Wildman–Crippen MR) is 97.3 cm³/mol. The van der Waals surface area contributed by atoms with Crippen molar-refractivity contribution in [1.82, 2.24) is 25.1 Å². The standard InChI is InChI=1S/C18H11N7O.2H2/c19-9-13-12(7-4-8-21-13)14-10-22-16(20)15(23-14)18-25-24-17(26-18)11-5-2-1-3-6-11;;/h1-8,10H,(H2,20,22);2*1H. The van der Waals surface area contributed by atoms with E-state index in [0.29, 0.717) is 17.1 Å². The van der Waals surface area contributed by atoms with Gasteiger partial charge in [-0.25, -0.2) is 15.0 Å². The molecular weight excluding hydrogens is 330 g/mol. The lowest BCUT2D eigenvalue weighted by molar-refractivity contribution is 0.582. The smallest absolute Gasteiger partial charge is 0.270 e. The summed E-state index contributed by atoms with van der Waals surface area (Å²) in [5, 5.41) is 17.3. The molecule has 26 heavy (non-hydrogen) atoms. The number of pyridine rings is 1. The summed E-state index contributed by atoms with van der Waals surface area (Å²) in [7, 11) is 0. The zero-order valence-corrected chi connectivity index (χ0v) is 13.4. The fourth-order valence-electron chi connectivity index (χ4n) is 2.40. The normalized spacial score (nSPS) is 10.4. The van der Waals surface area contributed by atoms with E-state index in [2.05, 4.69) is 25.1 Å². The first-order valence-electron chi connectivity index (χ1n) is 7.63. The fourth-order valence-corrected chi connectivity index (χ4v) is 2.40. The number of hydrogen-bond acceptors (Lipinski definition) is 8. The summed E-state index contributed by atoms with van der Waals surface area (Å²) in [6, 6.07) is 14.8. The van der Waals surface area contributed by atoms with Crippen molar-refractivity contribution in [2.24, 2.45) is 0 Å². The summed E-state index contributed by atoms with van der Waals surface area (Å²) in [6.45, 7) is 0. The summed E-state index contributed by atoms with van der Waals surface area (Å²) in [6.07, 6.45) is 3.02. The highest BCUT2D eigenvalue weighted by Crippen LogP contribution is 2.28. The molecule has 0 radical (unpaired) electrons. The van der Waals surface area contributed by atoms with Crippen molar-refractivity contribution in [2.45, 2.75) is 0 Å². The van der Waals surface area contributed by atoms with Crippen LogP contribution >= 0.6 is 0 Å². The minimum absolute atomic E-state index is 0. The Morgan fingerprint density at radius 1 is 1.00 bits per heavy atom. The van der Waals surface area contributed by atoms with Gasteiger partial charge >= 0.3 is 0 Å². The molecule has 3 heterocycles. The van der Waals surface area contributed by atoms with Crippen LogP contribution in [0.3, 0.4) is 0 Å². The first-order chi connectivity index (χ1) is 12.8. The Hall–Kier alpha value is -4.12. The molecule has 4 rings (SSSR count). The lowest BCUT2D eigenvalue weighted by Gasteiger charge is -2.05. The molecule has 0 spiro atoms. The minimum atomic E-state index is 0. The molecule has 4 aromatic rings. The zero-order chi connectivity index (χ0) is 17.9. The van der Waals surface area contributed by atoms with Gasteiger partial charge in [0.2, 0.25) is 5.89 Å². The first-order valence-corrected chi connectivity index (χ1v) is 7.63. The highest BCUT2D eigenvalue weighted by Gasteiger charge is 2.17. The molecule has 0 saturated carbocycles. The molecule has 8 nitrogen and oxygen atoms in total. The van der Waals surface area contributed by atoms with Crippen molar-refractivity contribution in [3.8, 4) is 40.4 Å². The van der Waals surface area contributed by atoms with Crippen LogP contribution in [-0.4, -0.2) is 25.1 Å². The molecule has 0 aliphatic heterocycles. The summed E-state index contributed by atoms with van der Waals surface area (Å²) in [5.74, 6) is 0.656. The van der Waals surface area contributed by atoms with Gasteiger partial charge in [-0.1, -0.05) is 18.2 Å². The van der Waals surface area contributed by atoms with Gasteiger partial charge in [0, 0.05) is 20.2 Å². The van der Waals surface area contributed by atoms with Crippen LogP contribution in [0.5, 0.6) is 0 Å². The Morgan fingerprint density at radius 2 is 1.81 bits per heavy atom. The maximum atomic E-state index is 9.22. The van der Waals surface area contributed by atoms with E-state index in [1.165, 1.54) is 12.4 Å². The molecule has 0 amide bonds. The van der Waals surface area contributed by atoms with Gasteiger partial charge in [0.05, 0.1) is 11.9 Å². The number of nitrogens with two attached hydrogens (primary N) is 1. The second-order valence-electron chi connectivity index (χ2n) is 5.28. The quantitative estimate of drug-likeness (QED) is 0.599. The van der Waals surface area contributed by atoms with Crippen molar-refractivity contribution >= 4 is 5.82 Å². The number of nitrogen functional groups attached to an aromatic ring is 1. The molecule has 0 fully saturated rings. The summed E-state index contributed by atoms with van der Waals surface area (Å²) >= 11 is 0. The Morgan fingerprint density at radius 3 is 2.62 bits per heavy atom. The van der Waals surface area contributed by atoms with E-state index in [-0.39, 0.29) is 25.9 Å². The monoisotopic (exact) mass is 345 g/mol. The maximum Gasteiger partial charge on any atom is 0.270 e. The molecule has 1 aromatic carbocycles. The second-order valence-corrected chi connectivity index (χ2v) is 5.28. The van der Waals surface area contributed by atoms with Crippen LogP contribution in [0.4, 0.5) is 5.82 Å². The van der Waals surface area contributed by atoms with Gasteiger partial charge in [0.25, 0.3) is 5.89 Å². The first kappa shape index (κ1) is 15.4. The van der Waals surface area contributed by atoms with Crippen LogP contribution in [-0.2, 0) is 0 Å². The van der Waals surface area contributed by atoms with Gasteiger partial charge < -0.3 is 10.2 Å². The van der Waals surface area contributed by atoms with Crippen LogP contribution in [0.25, 0.3) is 34.3 Å². The average Bonchev–Trinajstić information content (AvgIpc) is 3.19. The molecule has 0 unspecified atom stereocenters. The summed E-state index contributed by atoms with van der Waals surface area (Å²) in [4.78, 5) is 12.6. The molecule has 2 N–H and O–H groups in total. The average molecular weight is 345 g/mol. The van der Waals surface area contributed by atoms with E-state index in [1.807, 2.05) is 36.4 Å². The predicted octanol–water partition coefficient (Wildman–Crippen LogP) is 3.20. The van der Waals surface area contributed by atoms with Crippen LogP contribution in [0, 0.1) is 11.3 Å². The molecule has 0 atom stereocenters. The molecule has 0 bridgehead atoms. The van der Waals surface area contributed by atoms with Gasteiger partial charge in [0.1, 0.15) is 11.8 Å². The van der Waals surface area contributed by atoms with Crippen molar-refractivity contribution < 1.29 is 7.27 Å². The lowest BCUT2D eigenvalue weighted by atomic mass is 10.1. The topological polar surface area (TPSA) is 127 Å². The minimum Gasteiger partial charge on any atom is -0.414 e. The van der Waals surface area contributed by atoms with E-state index >= 15 is 0 Å². The fraction of sp³-hybridized carbons (Fsp3) is 0. The Labute approximate surface area is 151 Å². The van der Waals surface area contributed by atoms with Gasteiger partial charge in [-0.2, -0.15) is 5.26 Å². The molecule has 128 valence electrons. The van der Waals surface area contributed by atoms with Crippen LogP contribution < -0.4 is 5.73 Å². The van der Waals surface area contributed by atoms with E-state index in [9.17, 15) is 5.26 Å². The van der Waals surface area contributed by atoms with Crippen molar-refractivity contribution in [3.05, 3.63) is 60.6 Å². The number of nitrogens with zero attached hydrogens (tertiary/aromatic N) is 6. The number of anilines is 1. The molecule has 0 aliphatic carbocycles. The van der Waals surface area contributed by atoms with E-state index < -0.39 is 0 Å². The van der Waals surface area contributed by atoms with Gasteiger partial charge in [-0.05, 0) is 24.3 Å². The van der Waals surface area contributed by atoms with E-state index in [1.54, 1.807) is 12.1 Å². The number of hydrogen-bond donors (Lipinski definition) is 1.